The molecule has 0 amide bonds. The van der Waals surface area contributed by atoms with Gasteiger partial charge in [0.25, 0.3) is 0 Å². The van der Waals surface area contributed by atoms with Crippen molar-refractivity contribution in [2.45, 2.75) is 18.8 Å². The first kappa shape index (κ1) is 20.6. The van der Waals surface area contributed by atoms with Gasteiger partial charge in [-0.15, -0.1) is 0 Å². The molecule has 0 radical (unpaired) electrons. The van der Waals surface area contributed by atoms with E-state index in [-0.39, 0.29) is 5.56 Å². The lowest BCUT2D eigenvalue weighted by molar-refractivity contribution is -0.0378. The molecule has 1 saturated heterocycles. The first-order chi connectivity index (χ1) is 13.8. The Labute approximate surface area is 167 Å². The number of benzene rings is 2. The van der Waals surface area contributed by atoms with Crippen LogP contribution in [0.4, 0.5) is 11.4 Å². The molecule has 2 aromatic carbocycles. The molecule has 9 heteroatoms. The van der Waals surface area contributed by atoms with Crippen molar-refractivity contribution in [2.75, 3.05) is 11.9 Å². The van der Waals surface area contributed by atoms with Crippen LogP contribution in [-0.2, 0) is 0 Å². The van der Waals surface area contributed by atoms with E-state index in [1.54, 1.807) is 29.4 Å². The fraction of sp³-hybridized carbons (Fsp3) is 0.200. The molecule has 1 fully saturated rings. The molecular formula is C20H22N4O5. The number of hydrogen-bond acceptors (Lipinski definition) is 7. The molecule has 29 heavy (non-hydrogen) atoms. The molecule has 1 aliphatic heterocycles. The number of aliphatic imine (C=N–C) groups is 1. The highest BCUT2D eigenvalue weighted by Gasteiger charge is 2.28. The summed E-state index contributed by atoms with van der Waals surface area (Å²) in [5.74, 6) is -0.983. The van der Waals surface area contributed by atoms with E-state index in [1.807, 2.05) is 31.3 Å². The van der Waals surface area contributed by atoms with Gasteiger partial charge >= 0.3 is 5.97 Å². The zero-order valence-electron chi connectivity index (χ0n) is 15.6. The van der Waals surface area contributed by atoms with Crippen molar-refractivity contribution >= 4 is 29.8 Å². The van der Waals surface area contributed by atoms with Gasteiger partial charge in [0.05, 0.1) is 17.6 Å². The molecule has 2 unspecified atom stereocenters. The van der Waals surface area contributed by atoms with E-state index in [9.17, 15) is 20.1 Å². The van der Waals surface area contributed by atoms with Gasteiger partial charge in [0.2, 0.25) is 0 Å². The number of carboxylic acids is 1. The molecule has 1 heterocycles. The van der Waals surface area contributed by atoms with Crippen molar-refractivity contribution < 1.29 is 25.2 Å². The van der Waals surface area contributed by atoms with Crippen LogP contribution < -0.4 is 15.5 Å². The predicted molar refractivity (Wildman–Crippen MR) is 109 cm³/mol. The van der Waals surface area contributed by atoms with Gasteiger partial charge in [-0.1, -0.05) is 12.1 Å². The van der Waals surface area contributed by atoms with E-state index in [0.29, 0.717) is 11.3 Å². The lowest BCUT2D eigenvalue weighted by Crippen LogP contribution is -2.59. The van der Waals surface area contributed by atoms with Crippen LogP contribution in [0.1, 0.15) is 15.9 Å². The van der Waals surface area contributed by atoms with Crippen LogP contribution in [0.5, 0.6) is 0 Å². The number of carbonyl (C=O) groups is 1. The summed E-state index contributed by atoms with van der Waals surface area (Å²) in [4.78, 5) is 17.0. The van der Waals surface area contributed by atoms with Crippen LogP contribution >= 0.6 is 0 Å². The minimum atomic E-state index is -1.19. The number of aliphatic hydroxyl groups is 3. The van der Waals surface area contributed by atoms with Crippen LogP contribution in [0.2, 0.25) is 0 Å². The Morgan fingerprint density at radius 3 is 2.14 bits per heavy atom. The summed E-state index contributed by atoms with van der Waals surface area (Å²) < 4.78 is 0. The predicted octanol–water partition coefficient (Wildman–Crippen LogP) is 0.670. The molecule has 3 rings (SSSR count). The maximum atomic E-state index is 10.9. The zero-order valence-corrected chi connectivity index (χ0v) is 15.6. The number of carboxylic acid groups (broad SMARTS) is 1. The molecule has 0 spiro atoms. The largest absolute Gasteiger partial charge is 0.478 e. The quantitative estimate of drug-likeness (QED) is 0.319. The Bertz CT molecular complexity index is 897. The highest BCUT2D eigenvalue weighted by molar-refractivity contribution is 5.88. The molecular weight excluding hydrogens is 376 g/mol. The number of aromatic carboxylic acids is 1. The van der Waals surface area contributed by atoms with Crippen molar-refractivity contribution in [3.63, 3.8) is 0 Å². The fourth-order valence-corrected chi connectivity index (χ4v) is 2.76. The number of nitrogens with zero attached hydrogens (tertiary/aromatic N) is 2. The second-order valence-electron chi connectivity index (χ2n) is 6.48. The highest BCUT2D eigenvalue weighted by atomic mass is 16.4. The normalized spacial score (nSPS) is 21.9. The van der Waals surface area contributed by atoms with Gasteiger partial charge < -0.3 is 25.3 Å². The molecule has 0 aromatic heterocycles. The van der Waals surface area contributed by atoms with E-state index in [1.165, 1.54) is 12.1 Å². The first-order valence-corrected chi connectivity index (χ1v) is 8.82. The number of rotatable bonds is 5. The second-order valence-corrected chi connectivity index (χ2v) is 6.48. The standard InChI is InChI=1S/C20H22N4O5/c1-24(11-21-14-6-4-13(5-7-14)19(27)28)15-8-2-12(3-9-15)10-16-17(25)22-20(29)23-18(16)26/h2-11,17-18,20,22-23,25-26,29H,1H3,(H,27,28). The first-order valence-electron chi connectivity index (χ1n) is 8.82. The molecule has 0 bridgehead atoms. The van der Waals surface area contributed by atoms with Gasteiger partial charge in [-0.2, -0.15) is 0 Å². The number of nitrogens with one attached hydrogen (secondary N) is 2. The van der Waals surface area contributed by atoms with E-state index < -0.39 is 24.8 Å². The smallest absolute Gasteiger partial charge is 0.335 e. The minimum Gasteiger partial charge on any atom is -0.478 e. The fourth-order valence-electron chi connectivity index (χ4n) is 2.76. The molecule has 0 aliphatic carbocycles. The Balaban J connectivity index is 1.67. The van der Waals surface area contributed by atoms with Crippen LogP contribution in [0.3, 0.4) is 0 Å². The van der Waals surface area contributed by atoms with Gasteiger partial charge in [0, 0.05) is 18.3 Å². The van der Waals surface area contributed by atoms with Crippen molar-refractivity contribution in [3.05, 3.63) is 65.2 Å². The number of anilines is 1. The van der Waals surface area contributed by atoms with Crippen molar-refractivity contribution in [1.82, 2.24) is 10.6 Å². The maximum Gasteiger partial charge on any atom is 0.335 e. The number of aliphatic hydroxyl groups excluding tert-OH is 3. The highest BCUT2D eigenvalue weighted by Crippen LogP contribution is 2.19. The van der Waals surface area contributed by atoms with Crippen LogP contribution in [0, 0.1) is 0 Å². The van der Waals surface area contributed by atoms with E-state index in [4.69, 9.17) is 5.11 Å². The Hall–Kier alpha value is -3.08. The molecule has 2 atom stereocenters. The van der Waals surface area contributed by atoms with Gasteiger partial charge in [-0.3, -0.25) is 10.6 Å². The summed E-state index contributed by atoms with van der Waals surface area (Å²) in [6.07, 6.45) is -0.268. The molecule has 152 valence electrons. The topological polar surface area (TPSA) is 138 Å². The number of hydrogen-bond donors (Lipinski definition) is 6. The maximum absolute atomic E-state index is 10.9. The van der Waals surface area contributed by atoms with Crippen LogP contribution in [-0.4, -0.2) is 58.6 Å². The van der Waals surface area contributed by atoms with Crippen molar-refractivity contribution in [2.24, 2.45) is 4.99 Å². The summed E-state index contributed by atoms with van der Waals surface area (Å²) in [5.41, 5.74) is 2.74. The van der Waals surface area contributed by atoms with Crippen molar-refractivity contribution in [3.8, 4) is 0 Å². The third kappa shape index (κ3) is 5.25. The Kier molecular flexibility index (Phi) is 6.37. The van der Waals surface area contributed by atoms with E-state index in [2.05, 4.69) is 15.6 Å². The molecule has 2 aromatic rings. The summed E-state index contributed by atoms with van der Waals surface area (Å²) in [6, 6.07) is 13.6. The summed E-state index contributed by atoms with van der Waals surface area (Å²) >= 11 is 0. The van der Waals surface area contributed by atoms with E-state index >= 15 is 0 Å². The monoisotopic (exact) mass is 398 g/mol. The molecule has 0 saturated carbocycles. The van der Waals surface area contributed by atoms with Crippen LogP contribution in [0.15, 0.2) is 59.1 Å². The van der Waals surface area contributed by atoms with Gasteiger partial charge in [0.15, 0.2) is 6.35 Å². The minimum absolute atomic E-state index is 0.204. The van der Waals surface area contributed by atoms with Crippen LogP contribution in [0.25, 0.3) is 6.08 Å². The van der Waals surface area contributed by atoms with Gasteiger partial charge in [-0.05, 0) is 48.0 Å². The Morgan fingerprint density at radius 1 is 1.00 bits per heavy atom. The summed E-state index contributed by atoms with van der Waals surface area (Å²) in [5, 5.41) is 43.1. The lowest BCUT2D eigenvalue weighted by Gasteiger charge is -2.32. The summed E-state index contributed by atoms with van der Waals surface area (Å²) in [7, 11) is 1.83. The van der Waals surface area contributed by atoms with Gasteiger partial charge in [0.1, 0.15) is 12.5 Å². The average Bonchev–Trinajstić information content (AvgIpc) is 2.69. The SMILES string of the molecule is CN(C=Nc1ccc(C(=O)O)cc1)c1ccc(C=C2C(O)NC(O)NC2O)cc1. The lowest BCUT2D eigenvalue weighted by atomic mass is 10.1. The molecule has 6 N–H and O–H groups in total. The third-order valence-electron chi connectivity index (χ3n) is 4.39. The third-order valence-corrected chi connectivity index (χ3v) is 4.39. The van der Waals surface area contributed by atoms with Crippen molar-refractivity contribution in [1.29, 1.82) is 0 Å². The average molecular weight is 398 g/mol. The Morgan fingerprint density at radius 2 is 1.59 bits per heavy atom. The van der Waals surface area contributed by atoms with E-state index in [0.717, 1.165) is 11.3 Å². The summed E-state index contributed by atoms with van der Waals surface area (Å²) in [6.45, 7) is 0. The molecule has 9 nitrogen and oxygen atoms in total. The second kappa shape index (κ2) is 8.95. The molecule has 1 aliphatic rings. The zero-order chi connectivity index (χ0) is 21.0. The van der Waals surface area contributed by atoms with Gasteiger partial charge in [-0.25, -0.2) is 9.79 Å².